The van der Waals surface area contributed by atoms with E-state index < -0.39 is 0 Å². The van der Waals surface area contributed by atoms with Crippen molar-refractivity contribution in [3.8, 4) is 0 Å². The molecule has 2 aromatic carbocycles. The molecule has 0 unspecified atom stereocenters. The lowest BCUT2D eigenvalue weighted by atomic mass is 10.1. The lowest BCUT2D eigenvalue weighted by Crippen LogP contribution is -2.20. The van der Waals surface area contributed by atoms with Crippen molar-refractivity contribution in [1.29, 1.82) is 0 Å². The van der Waals surface area contributed by atoms with Crippen LogP contribution in [0.4, 0.5) is 11.5 Å². The summed E-state index contributed by atoms with van der Waals surface area (Å²) in [5.74, 6) is 0.242. The van der Waals surface area contributed by atoms with E-state index >= 15 is 0 Å². The largest absolute Gasteiger partial charge is 0.354 e. The van der Waals surface area contributed by atoms with Gasteiger partial charge in [-0.3, -0.25) is 9.59 Å². The van der Waals surface area contributed by atoms with Gasteiger partial charge in [-0.15, -0.1) is 10.2 Å². The fourth-order valence-corrected chi connectivity index (χ4v) is 2.60. The first kappa shape index (κ1) is 18.3. The van der Waals surface area contributed by atoms with Crippen molar-refractivity contribution in [1.82, 2.24) is 10.2 Å². The van der Waals surface area contributed by atoms with Gasteiger partial charge in [0.15, 0.2) is 17.3 Å². The van der Waals surface area contributed by atoms with Crippen LogP contribution in [-0.2, 0) is 6.54 Å². The van der Waals surface area contributed by atoms with E-state index in [2.05, 4.69) is 15.5 Å². The van der Waals surface area contributed by atoms with Crippen LogP contribution in [0.3, 0.4) is 0 Å². The molecule has 0 radical (unpaired) electrons. The standard InChI is InChI=1S/C21H20N4O2/c1-15(26)17-9-6-10-18(13-17)22-21(27)19-11-12-20(24-23-19)25(2)14-16-7-4-3-5-8-16/h3-13H,14H2,1-2H3,(H,22,27). The Morgan fingerprint density at radius 2 is 1.74 bits per heavy atom. The van der Waals surface area contributed by atoms with Gasteiger partial charge in [-0.25, -0.2) is 0 Å². The second kappa shape index (κ2) is 8.23. The molecule has 0 saturated carbocycles. The summed E-state index contributed by atoms with van der Waals surface area (Å²) in [6.45, 7) is 2.18. The van der Waals surface area contributed by atoms with Crippen LogP contribution >= 0.6 is 0 Å². The molecule has 1 N–H and O–H groups in total. The maximum absolute atomic E-state index is 12.4. The number of nitrogens with zero attached hydrogens (tertiary/aromatic N) is 3. The number of carbonyl (C=O) groups excluding carboxylic acids is 2. The van der Waals surface area contributed by atoms with Crippen LogP contribution in [0.25, 0.3) is 0 Å². The molecule has 0 bridgehead atoms. The van der Waals surface area contributed by atoms with Gasteiger partial charge in [0.25, 0.3) is 5.91 Å². The summed E-state index contributed by atoms with van der Waals surface area (Å²) in [6, 6.07) is 20.2. The zero-order valence-corrected chi connectivity index (χ0v) is 15.2. The van der Waals surface area contributed by atoms with E-state index in [9.17, 15) is 9.59 Å². The maximum Gasteiger partial charge on any atom is 0.276 e. The Hall–Kier alpha value is -3.54. The highest BCUT2D eigenvalue weighted by Gasteiger charge is 2.11. The number of nitrogens with one attached hydrogen (secondary N) is 1. The van der Waals surface area contributed by atoms with Crippen LogP contribution in [0.2, 0.25) is 0 Å². The van der Waals surface area contributed by atoms with Gasteiger partial charge in [0.2, 0.25) is 0 Å². The Morgan fingerprint density at radius 3 is 2.41 bits per heavy atom. The molecule has 3 aromatic rings. The predicted octanol–water partition coefficient (Wildman–Crippen LogP) is 3.57. The third-order valence-corrected chi connectivity index (χ3v) is 4.06. The second-order valence-corrected chi connectivity index (χ2v) is 6.21. The van der Waals surface area contributed by atoms with Crippen LogP contribution in [0.1, 0.15) is 33.3 Å². The smallest absolute Gasteiger partial charge is 0.276 e. The molecule has 6 nitrogen and oxygen atoms in total. The van der Waals surface area contributed by atoms with Gasteiger partial charge in [0.1, 0.15) is 0 Å². The number of hydrogen-bond donors (Lipinski definition) is 1. The normalized spacial score (nSPS) is 10.3. The van der Waals surface area contributed by atoms with Gasteiger partial charge in [-0.1, -0.05) is 42.5 Å². The summed E-state index contributed by atoms with van der Waals surface area (Å²) < 4.78 is 0. The Balaban J connectivity index is 1.66. The number of ketones is 1. The summed E-state index contributed by atoms with van der Waals surface area (Å²) in [6.07, 6.45) is 0. The molecule has 1 aromatic heterocycles. The summed E-state index contributed by atoms with van der Waals surface area (Å²) in [5.41, 5.74) is 2.45. The van der Waals surface area contributed by atoms with Crippen LogP contribution in [-0.4, -0.2) is 28.9 Å². The molecule has 0 atom stereocenters. The molecule has 0 aliphatic heterocycles. The van der Waals surface area contributed by atoms with E-state index in [-0.39, 0.29) is 17.4 Å². The van der Waals surface area contributed by atoms with Crippen LogP contribution in [0, 0.1) is 0 Å². The van der Waals surface area contributed by atoms with E-state index in [0.29, 0.717) is 23.6 Å². The van der Waals surface area contributed by atoms with Gasteiger partial charge in [0.05, 0.1) is 0 Å². The molecule has 27 heavy (non-hydrogen) atoms. The molecule has 136 valence electrons. The first-order valence-electron chi connectivity index (χ1n) is 8.54. The van der Waals surface area contributed by atoms with Crippen molar-refractivity contribution in [2.45, 2.75) is 13.5 Å². The molecular weight excluding hydrogens is 340 g/mol. The number of carbonyl (C=O) groups is 2. The van der Waals surface area contributed by atoms with E-state index in [0.717, 1.165) is 5.56 Å². The molecule has 1 amide bonds. The van der Waals surface area contributed by atoms with Crippen LogP contribution in [0.5, 0.6) is 0 Å². The fraction of sp³-hybridized carbons (Fsp3) is 0.143. The van der Waals surface area contributed by atoms with Crippen LogP contribution < -0.4 is 10.2 Å². The summed E-state index contributed by atoms with van der Waals surface area (Å²) >= 11 is 0. The minimum atomic E-state index is -0.375. The SMILES string of the molecule is CC(=O)c1cccc(NC(=O)c2ccc(N(C)Cc3ccccc3)nn2)c1. The molecular formula is C21H20N4O2. The average molecular weight is 360 g/mol. The Morgan fingerprint density at radius 1 is 0.963 bits per heavy atom. The van der Waals surface area contributed by atoms with Crippen molar-refractivity contribution in [2.24, 2.45) is 0 Å². The first-order valence-corrected chi connectivity index (χ1v) is 8.54. The van der Waals surface area contributed by atoms with Crippen LogP contribution in [0.15, 0.2) is 66.7 Å². The van der Waals surface area contributed by atoms with Crippen molar-refractivity contribution in [3.05, 3.63) is 83.6 Å². The number of anilines is 2. The monoisotopic (exact) mass is 360 g/mol. The Bertz CT molecular complexity index is 940. The van der Waals surface area contributed by atoms with E-state index in [4.69, 9.17) is 0 Å². The van der Waals surface area contributed by atoms with E-state index in [1.54, 1.807) is 36.4 Å². The lowest BCUT2D eigenvalue weighted by molar-refractivity contribution is 0.100. The Labute approximate surface area is 157 Å². The molecule has 3 rings (SSSR count). The van der Waals surface area contributed by atoms with E-state index in [1.807, 2.05) is 42.3 Å². The zero-order chi connectivity index (χ0) is 19.2. The molecule has 6 heteroatoms. The van der Waals surface area contributed by atoms with Crippen molar-refractivity contribution >= 4 is 23.2 Å². The number of aromatic nitrogens is 2. The van der Waals surface area contributed by atoms with Crippen molar-refractivity contribution < 1.29 is 9.59 Å². The molecule has 0 spiro atoms. The number of hydrogen-bond acceptors (Lipinski definition) is 5. The third-order valence-electron chi connectivity index (χ3n) is 4.06. The highest BCUT2D eigenvalue weighted by molar-refractivity contribution is 6.03. The number of Topliss-reactive ketones (excluding diaryl/α,β-unsaturated/α-hetero) is 1. The first-order chi connectivity index (χ1) is 13.0. The average Bonchev–Trinajstić information content (AvgIpc) is 2.69. The van der Waals surface area contributed by atoms with Gasteiger partial charge in [0, 0.05) is 24.8 Å². The van der Waals surface area contributed by atoms with E-state index in [1.165, 1.54) is 6.92 Å². The molecule has 0 fully saturated rings. The van der Waals surface area contributed by atoms with Gasteiger partial charge < -0.3 is 10.2 Å². The summed E-state index contributed by atoms with van der Waals surface area (Å²) in [5, 5.41) is 10.9. The molecule has 0 saturated heterocycles. The highest BCUT2D eigenvalue weighted by atomic mass is 16.2. The third kappa shape index (κ3) is 4.76. The predicted molar refractivity (Wildman–Crippen MR) is 105 cm³/mol. The topological polar surface area (TPSA) is 75.2 Å². The summed E-state index contributed by atoms with van der Waals surface area (Å²) in [4.78, 5) is 25.8. The second-order valence-electron chi connectivity index (χ2n) is 6.21. The van der Waals surface area contributed by atoms with Crippen molar-refractivity contribution in [3.63, 3.8) is 0 Å². The van der Waals surface area contributed by atoms with Gasteiger partial charge >= 0.3 is 0 Å². The number of benzene rings is 2. The molecule has 1 heterocycles. The highest BCUT2D eigenvalue weighted by Crippen LogP contribution is 2.14. The Kier molecular flexibility index (Phi) is 5.56. The molecule has 0 aliphatic rings. The zero-order valence-electron chi connectivity index (χ0n) is 15.2. The lowest BCUT2D eigenvalue weighted by Gasteiger charge is -2.17. The van der Waals surface area contributed by atoms with Crippen molar-refractivity contribution in [2.75, 3.05) is 17.3 Å². The van der Waals surface area contributed by atoms with Gasteiger partial charge in [-0.05, 0) is 36.8 Å². The maximum atomic E-state index is 12.4. The minimum absolute atomic E-state index is 0.0586. The quantitative estimate of drug-likeness (QED) is 0.680. The number of amides is 1. The molecule has 0 aliphatic carbocycles. The van der Waals surface area contributed by atoms with Gasteiger partial charge in [-0.2, -0.15) is 0 Å². The summed E-state index contributed by atoms with van der Waals surface area (Å²) in [7, 11) is 1.92. The number of rotatable bonds is 6. The minimum Gasteiger partial charge on any atom is -0.354 e. The fourth-order valence-electron chi connectivity index (χ4n) is 2.60.